The van der Waals surface area contributed by atoms with E-state index in [1.807, 2.05) is 291 Å². The second-order valence-electron chi connectivity index (χ2n) is 32.2. The molecule has 0 unspecified atom stereocenters. The molecule has 20 rings (SSSR count). The lowest BCUT2D eigenvalue weighted by molar-refractivity contribution is -0.121. The molecule has 12 aromatic carbocycles. The molecule has 138 heavy (non-hydrogen) atoms. The predicted molar refractivity (Wildman–Crippen MR) is 540 cm³/mol. The molecule has 0 radical (unpaired) electrons. The summed E-state index contributed by atoms with van der Waals surface area (Å²) >= 11 is 16.6. The van der Waals surface area contributed by atoms with Gasteiger partial charge in [-0.1, -0.05) is 296 Å². The van der Waals surface area contributed by atoms with Gasteiger partial charge in [0.2, 0.25) is 17.7 Å². The second-order valence-corrected chi connectivity index (χ2v) is 37.5. The van der Waals surface area contributed by atoms with Crippen LogP contribution in [0.3, 0.4) is 0 Å². The number of rotatable bonds is 25. The van der Waals surface area contributed by atoms with Gasteiger partial charge in [0.05, 0.1) is 27.3 Å². The minimum Gasteiger partial charge on any atom is -0.461 e. The minimum absolute atomic E-state index is 0.109. The summed E-state index contributed by atoms with van der Waals surface area (Å²) in [6, 6.07) is 98.1. The lowest BCUT2D eigenvalue weighted by Crippen LogP contribution is -2.45. The number of nitrogens with one attached hydrogen (secondary N) is 5. The molecule has 0 fully saturated rings. The summed E-state index contributed by atoms with van der Waals surface area (Å²) in [6.45, 7) is 4.01. The van der Waals surface area contributed by atoms with E-state index in [0.29, 0.717) is 111 Å². The third-order valence-corrected chi connectivity index (χ3v) is 27.2. The molecular formula is C107H88Br2ClN13O12S3. The van der Waals surface area contributed by atoms with E-state index in [9.17, 15) is 52.7 Å². The number of hydrogen-bond donors (Lipinski definition) is 5. The van der Waals surface area contributed by atoms with Crippen LogP contribution >= 0.6 is 77.5 Å². The average molecular weight is 2040 g/mol. The number of thiazole rings is 3. The zero-order valence-electron chi connectivity index (χ0n) is 74.0. The molecule has 0 saturated heterocycles. The van der Waals surface area contributed by atoms with Crippen LogP contribution in [0.25, 0.3) is 0 Å². The van der Waals surface area contributed by atoms with Gasteiger partial charge in [-0.3, -0.25) is 47.9 Å². The first-order chi connectivity index (χ1) is 67.2. The van der Waals surface area contributed by atoms with E-state index < -0.39 is 36.2 Å². The largest absolute Gasteiger partial charge is 0.461 e. The van der Waals surface area contributed by atoms with Crippen molar-refractivity contribution in [2.24, 2.45) is 0 Å². The van der Waals surface area contributed by atoms with Gasteiger partial charge in [-0.25, -0.2) is 19.7 Å². The average Bonchev–Trinajstić information content (AvgIpc) is 1.56. The van der Waals surface area contributed by atoms with Gasteiger partial charge in [0.15, 0.2) is 21.1 Å². The van der Waals surface area contributed by atoms with Crippen LogP contribution < -0.4 is 26.6 Å². The summed E-state index contributed by atoms with van der Waals surface area (Å²) in [5.74, 6) is -2.52. The van der Waals surface area contributed by atoms with Gasteiger partial charge in [0.1, 0.15) is 34.8 Å². The molecule has 15 aromatic rings. The van der Waals surface area contributed by atoms with Crippen molar-refractivity contribution in [1.82, 2.24) is 39.5 Å². The van der Waals surface area contributed by atoms with Crippen LogP contribution in [0.15, 0.2) is 353 Å². The Morgan fingerprint density at radius 3 is 1.04 bits per heavy atom. The fourth-order valence-corrected chi connectivity index (χ4v) is 19.8. The summed E-state index contributed by atoms with van der Waals surface area (Å²) in [5.41, 5.74) is 13.8. The number of ether oxygens (including phenoxy) is 1. The number of anilines is 5. The summed E-state index contributed by atoms with van der Waals surface area (Å²) < 4.78 is 6.45. The van der Waals surface area contributed by atoms with Crippen molar-refractivity contribution in [3.8, 4) is 0 Å². The predicted octanol–water partition coefficient (Wildman–Crippen LogP) is 20.4. The summed E-state index contributed by atoms with van der Waals surface area (Å²) in [7, 11) is 0. The van der Waals surface area contributed by atoms with E-state index in [4.69, 9.17) is 16.3 Å². The Labute approximate surface area is 829 Å². The maximum absolute atomic E-state index is 13.3. The van der Waals surface area contributed by atoms with Crippen LogP contribution in [0.2, 0.25) is 5.02 Å². The molecule has 25 nitrogen and oxygen atoms in total. The Morgan fingerprint density at radius 1 is 0.362 bits per heavy atom. The number of nitrogens with zero attached hydrogens (tertiary/aromatic N) is 8. The number of carbonyl (C=O) groups excluding carboxylic acids is 11. The molecule has 5 aliphatic heterocycles. The molecule has 0 spiro atoms. The Balaban J connectivity index is 0.000000125. The van der Waals surface area contributed by atoms with Gasteiger partial charge in [-0.05, 0) is 149 Å². The van der Waals surface area contributed by atoms with Gasteiger partial charge in [0, 0.05) is 96.3 Å². The molecule has 31 heteroatoms. The van der Waals surface area contributed by atoms with Gasteiger partial charge < -0.3 is 55.8 Å². The molecule has 0 aliphatic carbocycles. The second kappa shape index (κ2) is 45.5. The summed E-state index contributed by atoms with van der Waals surface area (Å²) in [6.07, 6.45) is 2.89. The monoisotopic (exact) mass is 2040 g/mol. The summed E-state index contributed by atoms with van der Waals surface area (Å²) in [4.78, 5) is 163. The first-order valence-electron chi connectivity index (χ1n) is 44.0. The van der Waals surface area contributed by atoms with E-state index >= 15 is 0 Å². The number of fused-ring (bicyclic) bond motifs is 5. The molecular weight excluding hydrogens is 1950 g/mol. The zero-order chi connectivity index (χ0) is 96.1. The maximum Gasteiger partial charge on any atom is 0.357 e. The normalized spacial score (nSPS) is 13.9. The first kappa shape index (κ1) is 96.1. The van der Waals surface area contributed by atoms with Gasteiger partial charge in [-0.15, -0.1) is 22.7 Å². The highest BCUT2D eigenvalue weighted by Crippen LogP contribution is 2.38. The van der Waals surface area contributed by atoms with E-state index in [1.165, 1.54) is 28.1 Å². The van der Waals surface area contributed by atoms with Crippen molar-refractivity contribution in [2.75, 3.05) is 33.2 Å². The van der Waals surface area contributed by atoms with Crippen LogP contribution in [0.5, 0.6) is 0 Å². The van der Waals surface area contributed by atoms with Crippen LogP contribution in [0.1, 0.15) is 137 Å². The quantitative estimate of drug-likeness (QED) is 0.0332. The molecule has 5 atom stereocenters. The highest BCUT2D eigenvalue weighted by atomic mass is 79.9. The number of hydrogen-bond acceptors (Lipinski definition) is 18. The van der Waals surface area contributed by atoms with Crippen LogP contribution in [0.4, 0.5) is 26.8 Å². The first-order valence-corrected chi connectivity index (χ1v) is 48.6. The van der Waals surface area contributed by atoms with Crippen LogP contribution in [-0.2, 0) is 80.7 Å². The zero-order valence-corrected chi connectivity index (χ0v) is 80.4. The van der Waals surface area contributed by atoms with E-state index in [2.05, 4.69) is 73.4 Å². The fraction of sp³-hybridized carbons (Fsp3) is 0.140. The van der Waals surface area contributed by atoms with Gasteiger partial charge >= 0.3 is 5.97 Å². The molecule has 0 saturated carbocycles. The van der Waals surface area contributed by atoms with Gasteiger partial charge in [0.25, 0.3) is 41.4 Å². The molecule has 5 N–H and O–H groups in total. The van der Waals surface area contributed by atoms with Crippen molar-refractivity contribution in [2.45, 2.75) is 89.1 Å². The lowest BCUT2D eigenvalue weighted by atomic mass is 10.0. The lowest BCUT2D eigenvalue weighted by Gasteiger charge is -2.27. The number of benzene rings is 12. The number of aromatic nitrogens is 3. The molecule has 692 valence electrons. The summed E-state index contributed by atoms with van der Waals surface area (Å²) in [5, 5.41) is 19.4. The maximum atomic E-state index is 13.3. The van der Waals surface area contributed by atoms with Crippen molar-refractivity contribution >= 4 is 169 Å². The Bertz CT molecular complexity index is 6790. The Morgan fingerprint density at radius 2 is 0.681 bits per heavy atom. The third kappa shape index (κ3) is 23.4. The molecule has 10 amide bonds. The number of halogens is 3. The van der Waals surface area contributed by atoms with E-state index in [1.54, 1.807) is 79.4 Å². The van der Waals surface area contributed by atoms with Crippen molar-refractivity contribution in [3.63, 3.8) is 0 Å². The molecule has 8 heterocycles. The molecule has 5 aliphatic rings. The molecule has 0 bridgehead atoms. The Kier molecular flexibility index (Phi) is 31.7. The van der Waals surface area contributed by atoms with Crippen LogP contribution in [-0.4, -0.2) is 129 Å². The Hall–Kier alpha value is -15.1. The molecule has 3 aromatic heterocycles. The smallest absolute Gasteiger partial charge is 0.357 e. The number of para-hydroxylation sites is 2. The van der Waals surface area contributed by atoms with Crippen molar-refractivity contribution < 1.29 is 57.5 Å². The van der Waals surface area contributed by atoms with E-state index in [-0.39, 0.29) is 76.5 Å². The van der Waals surface area contributed by atoms with Crippen molar-refractivity contribution in [3.05, 3.63) is 447 Å². The topological polar surface area (TPSA) is 312 Å². The highest BCUT2D eigenvalue weighted by Gasteiger charge is 2.43. The minimum atomic E-state index is -0.748. The van der Waals surface area contributed by atoms with E-state index in [0.717, 1.165) is 70.8 Å². The standard InChI is InChI=1S/C23H21N3O4S.C22H17ClN2O2.C22H18N2O2.2C20H16BrN3O2S/c1-2-30-22(29)18-14-31-23(24-18)25-20(27)19(12-15-8-4-3-5-9-15)26-13-16-10-6-7-11-17(16)21(26)28;23-18-12-6-7-13-19(18)24-21(26)20(15-8-2-1-3-9-15)25-14-16-10-4-5-11-17(16)22(25)27;25-21(23-18-12-5-2-6-13-18)20(16-9-3-1-4-10-16)24-15-17-11-7-8-14-19(17)22(24)26;21-17-11-22-20(27-17)23-18(25)16(10-13-6-2-1-3-7-13)24-12-14-8-4-5-9-15(14)19(24)26;21-17-12-27-20(22-17)23-18(25)16(10-13-6-2-1-3-7-13)24-11-14-8-4-5-9-15(14)19(24)26/h3-11,14,19H,2,12-13H2,1H3,(H,24,25,27);1-13,20H,14H2,(H,24,26);1-14,20H,15H2,(H,23,25);1-9,11,16H,10,12H2,(H,22,23,25);1-9,12,16H,10-11H2,(H,22,23,25)/t19-;2*20-;2*16-/m01101/s1. The highest BCUT2D eigenvalue weighted by molar-refractivity contribution is 9.11. The SMILES string of the molecule is CCOC(=O)c1csc(NC(=O)[C@H](Cc2ccccc2)N2Cc3ccccc3C2=O)n1.O=C(Nc1ccccc1)[C@@H](c1ccccc1)N1Cc2ccccc2C1=O.O=C(Nc1ccccc1Cl)[C@@H](c1ccccc1)N1Cc2ccccc2C1=O.O=C(Nc1nc(Br)cs1)[C@@H](Cc1ccccc1)N1Cc2ccccc2C1=O.O=C(Nc1ncc(Br)s1)[C@H](Cc1ccccc1)N1Cc2ccccc2C1=O. The van der Waals surface area contributed by atoms with Crippen molar-refractivity contribution in [1.29, 1.82) is 0 Å². The number of amides is 10. The van der Waals surface area contributed by atoms with Gasteiger partial charge in [-0.2, -0.15) is 0 Å². The van der Waals surface area contributed by atoms with Crippen LogP contribution in [0, 0.1) is 0 Å². The third-order valence-electron chi connectivity index (χ3n) is 23.3. The number of esters is 1. The number of carbonyl (C=O) groups is 11. The fourth-order valence-electron chi connectivity index (χ4n) is 16.6.